The Morgan fingerprint density at radius 3 is 1.43 bits per heavy atom. The van der Waals surface area contributed by atoms with E-state index in [4.69, 9.17) is 8.42 Å². The van der Waals surface area contributed by atoms with Crippen molar-refractivity contribution in [2.24, 2.45) is 0 Å². The van der Waals surface area contributed by atoms with Gasteiger partial charge in [-0.15, -0.1) is 0 Å². The maximum atomic E-state index is 8.29. The van der Waals surface area contributed by atoms with E-state index in [2.05, 4.69) is 5.32 Å². The van der Waals surface area contributed by atoms with Crippen molar-refractivity contribution in [1.29, 1.82) is 0 Å². The van der Waals surface area contributed by atoms with Gasteiger partial charge in [-0.2, -0.15) is 8.42 Å². The third-order valence-electron chi connectivity index (χ3n) is 0.707. The molecule has 0 bridgehead atoms. The van der Waals surface area contributed by atoms with Crippen molar-refractivity contribution in [2.45, 2.75) is 6.42 Å². The molecule has 0 aliphatic carbocycles. The van der Waals surface area contributed by atoms with Crippen LogP contribution in [-0.4, -0.2) is 21.5 Å². The van der Waals surface area contributed by atoms with Crippen LogP contribution in [0.25, 0.3) is 0 Å². The van der Waals surface area contributed by atoms with Gasteiger partial charge < -0.3 is 5.32 Å². The predicted octanol–water partition coefficient (Wildman–Crippen LogP) is -0.691. The summed E-state index contributed by atoms with van der Waals surface area (Å²) >= 11 is -0.750. The smallest absolute Gasteiger partial charge is 0.317 e. The number of rotatable bonds is 0. The fourth-order valence-corrected chi connectivity index (χ4v) is 0.177. The van der Waals surface area contributed by atoms with Crippen LogP contribution in [0.2, 0.25) is 0 Å². The molecule has 0 unspecified atom stereocenters. The highest BCUT2D eigenvalue weighted by Gasteiger charge is 1.92. The molecule has 0 spiro atoms. The van der Waals surface area contributed by atoms with Crippen molar-refractivity contribution in [3.63, 3.8) is 0 Å². The highest BCUT2D eigenvalue weighted by atomic mass is 32.1. The SMILES string of the molecule is C1CNC1.O=S=O. The van der Waals surface area contributed by atoms with Gasteiger partial charge in [0.2, 0.25) is 0 Å². The van der Waals surface area contributed by atoms with Crippen molar-refractivity contribution < 1.29 is 8.42 Å². The van der Waals surface area contributed by atoms with Gasteiger partial charge in [0.15, 0.2) is 0 Å². The average Bonchev–Trinajstić information content (AvgIpc) is 1.27. The molecule has 1 N–H and O–H groups in total. The summed E-state index contributed by atoms with van der Waals surface area (Å²) < 4.78 is 16.6. The zero-order chi connectivity index (χ0) is 5.54. The normalized spacial score (nSPS) is 15.4. The molecule has 1 fully saturated rings. The Bertz CT molecular complexity index is 61.3. The van der Waals surface area contributed by atoms with Crippen LogP contribution >= 0.6 is 0 Å². The molecule has 1 aliphatic rings. The van der Waals surface area contributed by atoms with E-state index in [0.29, 0.717) is 0 Å². The Morgan fingerprint density at radius 2 is 1.43 bits per heavy atom. The van der Waals surface area contributed by atoms with Crippen LogP contribution < -0.4 is 5.32 Å². The molecule has 0 amide bonds. The van der Waals surface area contributed by atoms with E-state index in [0.717, 1.165) is 0 Å². The van der Waals surface area contributed by atoms with Crippen molar-refractivity contribution in [2.75, 3.05) is 13.1 Å². The summed E-state index contributed by atoms with van der Waals surface area (Å²) in [5.41, 5.74) is 0. The van der Waals surface area contributed by atoms with Gasteiger partial charge in [-0.25, -0.2) is 0 Å². The van der Waals surface area contributed by atoms with Gasteiger partial charge in [-0.1, -0.05) is 0 Å². The highest BCUT2D eigenvalue weighted by Crippen LogP contribution is 1.80. The van der Waals surface area contributed by atoms with Crippen LogP contribution in [0.15, 0.2) is 0 Å². The van der Waals surface area contributed by atoms with Crippen molar-refractivity contribution in [1.82, 2.24) is 5.32 Å². The van der Waals surface area contributed by atoms with E-state index in [1.807, 2.05) is 0 Å². The fraction of sp³-hybridized carbons (Fsp3) is 1.00. The quantitative estimate of drug-likeness (QED) is 0.461. The van der Waals surface area contributed by atoms with Crippen LogP contribution in [0, 0.1) is 0 Å². The van der Waals surface area contributed by atoms with Gasteiger partial charge in [0.05, 0.1) is 0 Å². The molecule has 0 atom stereocenters. The Kier molecular flexibility index (Phi) is 5.60. The van der Waals surface area contributed by atoms with E-state index in [9.17, 15) is 0 Å². The largest absolute Gasteiger partial charge is 0.335 e. The lowest BCUT2D eigenvalue weighted by Crippen LogP contribution is -2.29. The van der Waals surface area contributed by atoms with E-state index < -0.39 is 11.6 Å². The molecule has 1 rings (SSSR count). The Hall–Kier alpha value is -0.220. The number of hydrogen-bond acceptors (Lipinski definition) is 3. The summed E-state index contributed by atoms with van der Waals surface area (Å²) in [5, 5.41) is 3.11. The minimum Gasteiger partial charge on any atom is -0.317 e. The zero-order valence-corrected chi connectivity index (χ0v) is 4.66. The third kappa shape index (κ3) is 5.78. The Balaban J connectivity index is 0.000000110. The van der Waals surface area contributed by atoms with E-state index in [-0.39, 0.29) is 0 Å². The summed E-state index contributed by atoms with van der Waals surface area (Å²) in [6, 6.07) is 0. The molecule has 42 valence electrons. The maximum absolute atomic E-state index is 8.29. The molecule has 1 aliphatic heterocycles. The second kappa shape index (κ2) is 5.78. The Morgan fingerprint density at radius 1 is 1.29 bits per heavy atom. The molecule has 0 aromatic heterocycles. The van der Waals surface area contributed by atoms with Gasteiger partial charge in [0.1, 0.15) is 0 Å². The standard InChI is InChI=1S/C3H7N.O2S/c1-2-4-3-1;1-3-2/h4H,1-3H2;. The molecular formula is C3H7NO2S. The summed E-state index contributed by atoms with van der Waals surface area (Å²) in [6.45, 7) is 2.50. The van der Waals surface area contributed by atoms with Crippen LogP contribution in [0.1, 0.15) is 6.42 Å². The monoisotopic (exact) mass is 121 g/mol. The first-order valence-electron chi connectivity index (χ1n) is 2.04. The second-order valence-corrected chi connectivity index (χ2v) is 1.31. The third-order valence-corrected chi connectivity index (χ3v) is 0.707. The molecule has 1 heterocycles. The summed E-state index contributed by atoms with van der Waals surface area (Å²) in [7, 11) is 0. The van der Waals surface area contributed by atoms with Crippen molar-refractivity contribution >= 4 is 11.6 Å². The molecule has 0 aromatic carbocycles. The Labute approximate surface area is 45.7 Å². The molecule has 0 aromatic rings. The van der Waals surface area contributed by atoms with Crippen LogP contribution in [-0.2, 0) is 11.6 Å². The van der Waals surface area contributed by atoms with Gasteiger partial charge in [-0.05, 0) is 19.5 Å². The first kappa shape index (κ1) is 6.78. The second-order valence-electron chi connectivity index (χ2n) is 1.17. The number of nitrogens with one attached hydrogen (secondary N) is 1. The van der Waals surface area contributed by atoms with E-state index in [1.165, 1.54) is 19.5 Å². The molecule has 7 heavy (non-hydrogen) atoms. The molecule has 0 saturated carbocycles. The summed E-state index contributed by atoms with van der Waals surface area (Å²) in [6.07, 6.45) is 1.39. The average molecular weight is 121 g/mol. The topological polar surface area (TPSA) is 46.2 Å². The first-order valence-corrected chi connectivity index (χ1v) is 2.71. The summed E-state index contributed by atoms with van der Waals surface area (Å²) in [4.78, 5) is 0. The van der Waals surface area contributed by atoms with Crippen LogP contribution in [0.4, 0.5) is 0 Å². The zero-order valence-electron chi connectivity index (χ0n) is 3.85. The lowest BCUT2D eigenvalue weighted by Gasteiger charge is -2.09. The highest BCUT2D eigenvalue weighted by molar-refractivity contribution is 7.51. The van der Waals surface area contributed by atoms with Gasteiger partial charge >= 0.3 is 11.6 Å². The van der Waals surface area contributed by atoms with Crippen LogP contribution in [0.5, 0.6) is 0 Å². The molecule has 4 heteroatoms. The fourth-order valence-electron chi connectivity index (χ4n) is 0.177. The molecule has 0 radical (unpaired) electrons. The number of hydrogen-bond donors (Lipinski definition) is 1. The molecule has 1 saturated heterocycles. The molecule has 3 nitrogen and oxygen atoms in total. The minimum absolute atomic E-state index is 0.750. The van der Waals surface area contributed by atoms with Crippen LogP contribution in [0.3, 0.4) is 0 Å². The van der Waals surface area contributed by atoms with Crippen molar-refractivity contribution in [3.05, 3.63) is 0 Å². The van der Waals surface area contributed by atoms with Gasteiger partial charge in [0.25, 0.3) is 0 Å². The molecular weight excluding hydrogens is 114 g/mol. The minimum atomic E-state index is -0.750. The maximum Gasteiger partial charge on any atom is 0.335 e. The van der Waals surface area contributed by atoms with E-state index in [1.54, 1.807) is 0 Å². The summed E-state index contributed by atoms with van der Waals surface area (Å²) in [5.74, 6) is 0. The van der Waals surface area contributed by atoms with Gasteiger partial charge in [0, 0.05) is 0 Å². The van der Waals surface area contributed by atoms with Crippen molar-refractivity contribution in [3.8, 4) is 0 Å². The van der Waals surface area contributed by atoms with E-state index >= 15 is 0 Å². The first-order chi connectivity index (χ1) is 3.41. The van der Waals surface area contributed by atoms with Gasteiger partial charge in [-0.3, -0.25) is 0 Å². The lowest BCUT2D eigenvalue weighted by molar-refractivity contribution is 0.527. The predicted molar refractivity (Wildman–Crippen MR) is 26.4 cm³/mol. The lowest BCUT2D eigenvalue weighted by atomic mass is 10.3.